The molecule has 2 aliphatic rings. The normalized spacial score (nSPS) is 20.2. The minimum absolute atomic E-state index is 0.219. The van der Waals surface area contributed by atoms with Crippen LogP contribution in [0.15, 0.2) is 94.7 Å². The van der Waals surface area contributed by atoms with E-state index in [0.717, 1.165) is 16.9 Å². The summed E-state index contributed by atoms with van der Waals surface area (Å²) in [4.78, 5) is 55.1. The summed E-state index contributed by atoms with van der Waals surface area (Å²) in [6.45, 7) is -0.219. The lowest BCUT2D eigenvalue weighted by Crippen LogP contribution is -2.33. The van der Waals surface area contributed by atoms with Crippen LogP contribution in [0.2, 0.25) is 5.02 Å². The molecule has 0 saturated carbocycles. The maximum absolute atomic E-state index is 13.8. The molecule has 0 bridgehead atoms. The third-order valence-electron chi connectivity index (χ3n) is 6.65. The van der Waals surface area contributed by atoms with Crippen molar-refractivity contribution in [1.29, 1.82) is 0 Å². The smallest absolute Gasteiger partial charge is 0.308 e. The molecule has 6 rings (SSSR count). The van der Waals surface area contributed by atoms with E-state index in [-0.39, 0.29) is 29.1 Å². The van der Waals surface area contributed by atoms with E-state index in [4.69, 9.17) is 11.6 Å². The quantitative estimate of drug-likeness (QED) is 0.347. The van der Waals surface area contributed by atoms with Crippen LogP contribution in [0.3, 0.4) is 0 Å². The Kier molecular flexibility index (Phi) is 6.43. The number of hydrogen-bond acceptors (Lipinski definition) is 6. The number of amides is 3. The number of hydrogen-bond donors (Lipinski definition) is 1. The Balaban J connectivity index is 1.40. The number of carbonyl (C=O) groups excluding carboxylic acids is 3. The predicted octanol–water partition coefficient (Wildman–Crippen LogP) is 5.00. The standard InChI is InChI=1S/C28H20ClN3O4S2/c29-17-11-13-18(14-12-17)30-20(33)15-31-27-24(38-28(31)36)21(16-7-3-1-4-8-16)22-23(37-27)26(35)32(25(22)34)19-9-5-2-6-10-19/h1-14,21-23H,15H2,(H,30,33)/t21-,22?,23?/m1/s1. The molecule has 7 nitrogen and oxygen atoms in total. The fraction of sp³-hybridized carbons (Fsp3) is 0.143. The Labute approximate surface area is 231 Å². The first-order chi connectivity index (χ1) is 18.4. The summed E-state index contributed by atoms with van der Waals surface area (Å²) in [6, 6.07) is 25.0. The van der Waals surface area contributed by atoms with Gasteiger partial charge < -0.3 is 5.32 Å². The second-order valence-electron chi connectivity index (χ2n) is 8.98. The third kappa shape index (κ3) is 4.26. The van der Waals surface area contributed by atoms with Gasteiger partial charge in [0.1, 0.15) is 11.8 Å². The van der Waals surface area contributed by atoms with Gasteiger partial charge >= 0.3 is 4.87 Å². The molecule has 1 N–H and O–H groups in total. The predicted molar refractivity (Wildman–Crippen MR) is 149 cm³/mol. The van der Waals surface area contributed by atoms with E-state index in [0.29, 0.717) is 26.3 Å². The van der Waals surface area contributed by atoms with Crippen LogP contribution in [-0.4, -0.2) is 27.5 Å². The summed E-state index contributed by atoms with van der Waals surface area (Å²) in [6.07, 6.45) is 0. The molecule has 0 spiro atoms. The lowest BCUT2D eigenvalue weighted by molar-refractivity contribution is -0.122. The summed E-state index contributed by atoms with van der Waals surface area (Å²) in [7, 11) is 0. The zero-order chi connectivity index (χ0) is 26.4. The highest BCUT2D eigenvalue weighted by Crippen LogP contribution is 2.53. The summed E-state index contributed by atoms with van der Waals surface area (Å²) in [5, 5.41) is 3.16. The van der Waals surface area contributed by atoms with Crippen molar-refractivity contribution in [3.05, 3.63) is 110 Å². The SMILES string of the molecule is O=C(Cn1c2c(sc1=O)[C@H](c1ccccc1)C1C(=O)N(c3ccccc3)C(=O)C1S2)Nc1ccc(Cl)cc1. The Morgan fingerprint density at radius 3 is 2.21 bits per heavy atom. The molecule has 0 aliphatic carbocycles. The largest absolute Gasteiger partial charge is 0.325 e. The number of para-hydroxylation sites is 1. The Morgan fingerprint density at radius 2 is 1.53 bits per heavy atom. The number of halogens is 1. The molecule has 38 heavy (non-hydrogen) atoms. The van der Waals surface area contributed by atoms with Crippen LogP contribution in [0.1, 0.15) is 16.4 Å². The van der Waals surface area contributed by atoms with Crippen molar-refractivity contribution in [2.24, 2.45) is 5.92 Å². The number of fused-ring (bicyclic) bond motifs is 2. The molecular formula is C28H20ClN3O4S2. The fourth-order valence-electron chi connectivity index (χ4n) is 4.98. The summed E-state index contributed by atoms with van der Waals surface area (Å²) < 4.78 is 1.41. The first kappa shape index (κ1) is 24.7. The van der Waals surface area contributed by atoms with E-state index in [9.17, 15) is 19.2 Å². The monoisotopic (exact) mass is 561 g/mol. The summed E-state index contributed by atoms with van der Waals surface area (Å²) >= 11 is 8.15. The van der Waals surface area contributed by atoms with E-state index in [1.54, 1.807) is 48.5 Å². The van der Waals surface area contributed by atoms with Crippen molar-refractivity contribution in [3.63, 3.8) is 0 Å². The number of nitrogens with zero attached hydrogens (tertiary/aromatic N) is 2. The van der Waals surface area contributed by atoms with Crippen LogP contribution < -0.4 is 15.1 Å². The van der Waals surface area contributed by atoms with Gasteiger partial charge in [0.25, 0.3) is 0 Å². The molecule has 2 unspecified atom stereocenters. The van der Waals surface area contributed by atoms with Crippen LogP contribution >= 0.6 is 34.7 Å². The highest BCUT2D eigenvalue weighted by Gasteiger charge is 2.56. The molecule has 1 fully saturated rings. The molecule has 1 saturated heterocycles. The lowest BCUT2D eigenvalue weighted by Gasteiger charge is -2.30. The van der Waals surface area contributed by atoms with E-state index in [1.807, 2.05) is 36.4 Å². The number of aromatic nitrogens is 1. The molecule has 1 aromatic heterocycles. The molecule has 10 heteroatoms. The second-order valence-corrected chi connectivity index (χ2v) is 11.5. The highest BCUT2D eigenvalue weighted by atomic mass is 35.5. The van der Waals surface area contributed by atoms with E-state index in [2.05, 4.69) is 5.32 Å². The van der Waals surface area contributed by atoms with Crippen LogP contribution in [0.4, 0.5) is 11.4 Å². The van der Waals surface area contributed by atoms with Gasteiger partial charge in [0, 0.05) is 21.5 Å². The number of carbonyl (C=O) groups is 3. The molecule has 2 aliphatic heterocycles. The minimum Gasteiger partial charge on any atom is -0.325 e. The van der Waals surface area contributed by atoms with Crippen molar-refractivity contribution in [3.8, 4) is 0 Å². The van der Waals surface area contributed by atoms with Gasteiger partial charge in [0.15, 0.2) is 0 Å². The zero-order valence-corrected chi connectivity index (χ0v) is 22.1. The summed E-state index contributed by atoms with van der Waals surface area (Å²) in [5.74, 6) is -2.14. The number of rotatable bonds is 5. The topological polar surface area (TPSA) is 88.5 Å². The number of benzene rings is 3. The van der Waals surface area contributed by atoms with Crippen molar-refractivity contribution in [1.82, 2.24) is 4.57 Å². The van der Waals surface area contributed by atoms with Crippen LogP contribution in [0.5, 0.6) is 0 Å². The molecule has 3 amide bonds. The average molecular weight is 562 g/mol. The fourth-order valence-corrected chi connectivity index (χ4v) is 7.88. The van der Waals surface area contributed by atoms with Gasteiger partial charge in [-0.25, -0.2) is 4.90 Å². The van der Waals surface area contributed by atoms with Crippen LogP contribution in [0, 0.1) is 5.92 Å². The molecule has 3 heterocycles. The number of thiazole rings is 1. The van der Waals surface area contributed by atoms with Gasteiger partial charge in [-0.2, -0.15) is 0 Å². The van der Waals surface area contributed by atoms with Gasteiger partial charge in [-0.3, -0.25) is 23.7 Å². The van der Waals surface area contributed by atoms with Gasteiger partial charge in [-0.15, -0.1) is 0 Å². The van der Waals surface area contributed by atoms with Crippen molar-refractivity contribution >= 4 is 63.8 Å². The van der Waals surface area contributed by atoms with E-state index < -0.39 is 17.1 Å². The second kappa shape index (κ2) is 9.90. The molecule has 0 radical (unpaired) electrons. The Bertz CT molecular complexity index is 1600. The molecule has 190 valence electrons. The van der Waals surface area contributed by atoms with E-state index >= 15 is 0 Å². The molecule has 3 aromatic carbocycles. The van der Waals surface area contributed by atoms with Crippen molar-refractivity contribution in [2.75, 3.05) is 10.2 Å². The lowest BCUT2D eigenvalue weighted by atomic mass is 9.83. The first-order valence-corrected chi connectivity index (χ1v) is 13.9. The maximum atomic E-state index is 13.8. The highest BCUT2D eigenvalue weighted by molar-refractivity contribution is 8.00. The zero-order valence-electron chi connectivity index (χ0n) is 19.7. The van der Waals surface area contributed by atoms with Crippen molar-refractivity contribution < 1.29 is 14.4 Å². The van der Waals surface area contributed by atoms with Gasteiger partial charge in [0.2, 0.25) is 17.7 Å². The molecule has 4 aromatic rings. The molecule has 3 atom stereocenters. The Morgan fingerprint density at radius 1 is 0.868 bits per heavy atom. The van der Waals surface area contributed by atoms with Crippen LogP contribution in [0.25, 0.3) is 0 Å². The van der Waals surface area contributed by atoms with Crippen LogP contribution in [-0.2, 0) is 20.9 Å². The number of imide groups is 1. The maximum Gasteiger partial charge on any atom is 0.308 e. The Hall–Kier alpha value is -3.66. The van der Waals surface area contributed by atoms with Gasteiger partial charge in [-0.05, 0) is 42.0 Å². The first-order valence-electron chi connectivity index (χ1n) is 11.9. The third-order valence-corrected chi connectivity index (χ3v) is 9.51. The van der Waals surface area contributed by atoms with E-state index in [1.165, 1.54) is 21.2 Å². The van der Waals surface area contributed by atoms with Gasteiger partial charge in [0.05, 0.1) is 16.6 Å². The molecular weight excluding hydrogens is 542 g/mol. The van der Waals surface area contributed by atoms with Crippen molar-refractivity contribution in [2.45, 2.75) is 22.7 Å². The minimum atomic E-state index is -0.722. The van der Waals surface area contributed by atoms with Gasteiger partial charge in [-0.1, -0.05) is 83.2 Å². The number of thioether (sulfide) groups is 1. The average Bonchev–Trinajstić information content (AvgIpc) is 3.37. The number of anilines is 2. The number of nitrogens with one attached hydrogen (secondary N) is 1. The summed E-state index contributed by atoms with van der Waals surface area (Å²) in [5.41, 5.74) is 1.92.